The van der Waals surface area contributed by atoms with Gasteiger partial charge >= 0.3 is 0 Å². The molecule has 1 aromatic heterocycles. The smallest absolute Gasteiger partial charge is 0.238 e. The fourth-order valence-corrected chi connectivity index (χ4v) is 2.51. The number of H-pyrrole nitrogens is 1. The predicted molar refractivity (Wildman–Crippen MR) is 78.9 cm³/mol. The van der Waals surface area contributed by atoms with Crippen LogP contribution in [0.25, 0.3) is 0 Å². The van der Waals surface area contributed by atoms with E-state index in [4.69, 9.17) is 5.14 Å². The van der Waals surface area contributed by atoms with Crippen LogP contribution < -0.4 is 10.5 Å². The third-order valence-corrected chi connectivity index (χ3v) is 4.14. The van der Waals surface area contributed by atoms with Gasteiger partial charge in [0.05, 0.1) is 4.90 Å². The van der Waals surface area contributed by atoms with Gasteiger partial charge < -0.3 is 5.32 Å². The monoisotopic (exact) mass is 309 g/mol. The molecule has 114 valence electrons. The van der Waals surface area contributed by atoms with E-state index in [1.165, 1.54) is 18.5 Å². The summed E-state index contributed by atoms with van der Waals surface area (Å²) in [5.74, 6) is 0.877. The number of rotatable bonds is 7. The SMILES string of the molecule is CC(NCCCc1ncn[nH]1)c1ccc(S(N)(=O)=O)cc1. The molecule has 2 rings (SSSR count). The summed E-state index contributed by atoms with van der Waals surface area (Å²) in [5.41, 5.74) is 1.02. The molecule has 1 aromatic carbocycles. The molecule has 8 heteroatoms. The van der Waals surface area contributed by atoms with Crippen LogP contribution in [0.4, 0.5) is 0 Å². The molecule has 0 saturated carbocycles. The Morgan fingerprint density at radius 2 is 2.05 bits per heavy atom. The lowest BCUT2D eigenvalue weighted by atomic mass is 10.1. The van der Waals surface area contributed by atoms with Gasteiger partial charge in [-0.15, -0.1) is 0 Å². The summed E-state index contributed by atoms with van der Waals surface area (Å²) < 4.78 is 22.4. The molecular formula is C13H19N5O2S. The van der Waals surface area contributed by atoms with Crippen LogP contribution in [0.1, 0.15) is 30.8 Å². The van der Waals surface area contributed by atoms with Crippen LogP contribution in [-0.4, -0.2) is 30.1 Å². The molecule has 21 heavy (non-hydrogen) atoms. The van der Waals surface area contributed by atoms with Gasteiger partial charge in [-0.3, -0.25) is 5.10 Å². The zero-order valence-electron chi connectivity index (χ0n) is 11.8. The van der Waals surface area contributed by atoms with Crippen molar-refractivity contribution >= 4 is 10.0 Å². The van der Waals surface area contributed by atoms with E-state index in [-0.39, 0.29) is 10.9 Å². The van der Waals surface area contributed by atoms with Gasteiger partial charge in [0.2, 0.25) is 10.0 Å². The Morgan fingerprint density at radius 3 is 2.62 bits per heavy atom. The average Bonchev–Trinajstić information content (AvgIpc) is 2.96. The van der Waals surface area contributed by atoms with Crippen LogP contribution in [0.3, 0.4) is 0 Å². The van der Waals surface area contributed by atoms with Gasteiger partial charge in [-0.1, -0.05) is 12.1 Å². The number of aromatic nitrogens is 3. The van der Waals surface area contributed by atoms with Crippen LogP contribution in [0.15, 0.2) is 35.5 Å². The number of nitrogens with two attached hydrogens (primary N) is 1. The van der Waals surface area contributed by atoms with Crippen molar-refractivity contribution in [3.8, 4) is 0 Å². The van der Waals surface area contributed by atoms with Crippen LogP contribution in [0.5, 0.6) is 0 Å². The number of nitrogens with one attached hydrogen (secondary N) is 2. The number of sulfonamides is 1. The van der Waals surface area contributed by atoms with Crippen molar-refractivity contribution < 1.29 is 8.42 Å². The number of primary sulfonamides is 1. The summed E-state index contributed by atoms with van der Waals surface area (Å²) in [6.07, 6.45) is 3.28. The van der Waals surface area contributed by atoms with E-state index in [1.54, 1.807) is 12.1 Å². The lowest BCUT2D eigenvalue weighted by molar-refractivity contribution is 0.554. The predicted octanol–water partition coefficient (Wildman–Crippen LogP) is 0.736. The van der Waals surface area contributed by atoms with E-state index < -0.39 is 10.0 Å². The number of hydrogen-bond acceptors (Lipinski definition) is 5. The number of nitrogens with zero attached hydrogens (tertiary/aromatic N) is 2. The van der Waals surface area contributed by atoms with Gasteiger partial charge in [0.15, 0.2) is 0 Å². The number of aromatic amines is 1. The molecule has 0 aliphatic rings. The minimum atomic E-state index is -3.63. The van der Waals surface area contributed by atoms with E-state index in [0.717, 1.165) is 30.8 Å². The Bertz CT molecular complexity index is 652. The van der Waals surface area contributed by atoms with Crippen molar-refractivity contribution in [3.05, 3.63) is 42.0 Å². The summed E-state index contributed by atoms with van der Waals surface area (Å²) >= 11 is 0. The normalized spacial score (nSPS) is 13.2. The van der Waals surface area contributed by atoms with E-state index >= 15 is 0 Å². The number of aryl methyl sites for hydroxylation is 1. The molecule has 0 aliphatic carbocycles. The topological polar surface area (TPSA) is 114 Å². The Hall–Kier alpha value is -1.77. The Labute approximate surface area is 124 Å². The fraction of sp³-hybridized carbons (Fsp3) is 0.385. The van der Waals surface area contributed by atoms with E-state index in [9.17, 15) is 8.42 Å². The molecule has 0 aliphatic heterocycles. The second kappa shape index (κ2) is 6.79. The highest BCUT2D eigenvalue weighted by Crippen LogP contribution is 2.15. The average molecular weight is 309 g/mol. The van der Waals surface area contributed by atoms with Gasteiger partial charge in [-0.25, -0.2) is 18.5 Å². The molecule has 1 atom stereocenters. The number of benzene rings is 1. The summed E-state index contributed by atoms with van der Waals surface area (Å²) in [6.45, 7) is 2.86. The molecule has 0 bridgehead atoms. The van der Waals surface area contributed by atoms with Crippen molar-refractivity contribution in [2.45, 2.75) is 30.7 Å². The van der Waals surface area contributed by atoms with Gasteiger partial charge in [-0.05, 0) is 37.6 Å². The maximum atomic E-state index is 11.2. The van der Waals surface area contributed by atoms with Crippen molar-refractivity contribution in [1.82, 2.24) is 20.5 Å². The van der Waals surface area contributed by atoms with Crippen LogP contribution in [0, 0.1) is 0 Å². The molecular weight excluding hydrogens is 290 g/mol. The lowest BCUT2D eigenvalue weighted by Gasteiger charge is -2.14. The minimum absolute atomic E-state index is 0.128. The molecule has 0 saturated heterocycles. The molecule has 0 spiro atoms. The second-order valence-corrected chi connectivity index (χ2v) is 6.39. The maximum absolute atomic E-state index is 11.2. The Morgan fingerprint density at radius 1 is 1.33 bits per heavy atom. The highest BCUT2D eigenvalue weighted by molar-refractivity contribution is 7.89. The third kappa shape index (κ3) is 4.62. The zero-order chi connectivity index (χ0) is 15.3. The molecule has 7 nitrogen and oxygen atoms in total. The number of hydrogen-bond donors (Lipinski definition) is 3. The van der Waals surface area contributed by atoms with Crippen LogP contribution in [0.2, 0.25) is 0 Å². The van der Waals surface area contributed by atoms with Crippen molar-refractivity contribution in [2.75, 3.05) is 6.54 Å². The van der Waals surface area contributed by atoms with Crippen LogP contribution in [-0.2, 0) is 16.4 Å². The van der Waals surface area contributed by atoms with E-state index in [0.29, 0.717) is 0 Å². The Kier molecular flexibility index (Phi) is 5.05. The first-order chi connectivity index (χ1) is 9.97. The summed E-state index contributed by atoms with van der Waals surface area (Å²) in [6, 6.07) is 6.73. The Balaban J connectivity index is 1.81. The van der Waals surface area contributed by atoms with Crippen molar-refractivity contribution in [2.24, 2.45) is 5.14 Å². The summed E-state index contributed by atoms with van der Waals surface area (Å²) in [7, 11) is -3.63. The van der Waals surface area contributed by atoms with Gasteiger partial charge in [0.1, 0.15) is 12.2 Å². The highest BCUT2D eigenvalue weighted by atomic mass is 32.2. The van der Waals surface area contributed by atoms with Crippen molar-refractivity contribution in [3.63, 3.8) is 0 Å². The largest absolute Gasteiger partial charge is 0.310 e. The van der Waals surface area contributed by atoms with Crippen molar-refractivity contribution in [1.29, 1.82) is 0 Å². The fourth-order valence-electron chi connectivity index (χ4n) is 1.99. The molecule has 4 N–H and O–H groups in total. The third-order valence-electron chi connectivity index (χ3n) is 3.21. The minimum Gasteiger partial charge on any atom is -0.310 e. The van der Waals surface area contributed by atoms with E-state index in [1.807, 2.05) is 6.92 Å². The molecule has 1 heterocycles. The molecule has 1 unspecified atom stereocenters. The first-order valence-electron chi connectivity index (χ1n) is 6.67. The summed E-state index contributed by atoms with van der Waals surface area (Å²) in [4.78, 5) is 4.19. The quantitative estimate of drug-likeness (QED) is 0.653. The van der Waals surface area contributed by atoms with Gasteiger partial charge in [0, 0.05) is 12.5 Å². The first kappa shape index (κ1) is 15.6. The second-order valence-electron chi connectivity index (χ2n) is 4.83. The standard InChI is InChI=1S/C13H19N5O2S/c1-10(15-8-2-3-13-16-9-17-18-13)11-4-6-12(7-5-11)21(14,19)20/h4-7,9-10,15H,2-3,8H2,1H3,(H2,14,19,20)(H,16,17,18). The van der Waals surface area contributed by atoms with Gasteiger partial charge in [-0.2, -0.15) is 5.10 Å². The summed E-state index contributed by atoms with van der Waals surface area (Å²) in [5, 5.41) is 15.1. The van der Waals surface area contributed by atoms with Crippen LogP contribution >= 0.6 is 0 Å². The first-order valence-corrected chi connectivity index (χ1v) is 8.22. The molecule has 0 radical (unpaired) electrons. The maximum Gasteiger partial charge on any atom is 0.238 e. The molecule has 0 amide bonds. The van der Waals surface area contributed by atoms with Gasteiger partial charge in [0.25, 0.3) is 0 Å². The highest BCUT2D eigenvalue weighted by Gasteiger charge is 2.09. The molecule has 0 fully saturated rings. The van der Waals surface area contributed by atoms with E-state index in [2.05, 4.69) is 20.5 Å². The zero-order valence-corrected chi connectivity index (χ0v) is 12.6. The molecule has 2 aromatic rings. The lowest BCUT2D eigenvalue weighted by Crippen LogP contribution is -2.20.